The molecule has 0 saturated heterocycles. The Morgan fingerprint density at radius 1 is 1.33 bits per heavy atom. The number of carbonyl (C=O) groups excluding carboxylic acids is 1. The van der Waals surface area contributed by atoms with Crippen molar-refractivity contribution in [1.29, 1.82) is 0 Å². The molecule has 0 fully saturated rings. The molecule has 8 heteroatoms. The summed E-state index contributed by atoms with van der Waals surface area (Å²) in [5.74, 6) is 1.39. The van der Waals surface area contributed by atoms with E-state index >= 15 is 0 Å². The summed E-state index contributed by atoms with van der Waals surface area (Å²) in [4.78, 5) is 12.7. The number of aryl methyl sites for hydroxylation is 3. The molecule has 3 rings (SSSR count). The molecule has 3 aromatic rings. The Kier molecular flexibility index (Phi) is 5.81. The molecule has 0 bridgehead atoms. The highest BCUT2D eigenvalue weighted by Gasteiger charge is 2.22. The summed E-state index contributed by atoms with van der Waals surface area (Å²) in [7, 11) is 0. The minimum absolute atomic E-state index is 0.145. The summed E-state index contributed by atoms with van der Waals surface area (Å²) < 4.78 is 12.7. The molecule has 2 heterocycles. The number of nitrogens with zero attached hydrogens (tertiary/aromatic N) is 3. The van der Waals surface area contributed by atoms with Gasteiger partial charge in [-0.1, -0.05) is 29.7 Å². The number of anilines is 1. The van der Waals surface area contributed by atoms with Crippen molar-refractivity contribution in [2.75, 3.05) is 5.32 Å². The number of amides is 1. The van der Waals surface area contributed by atoms with E-state index in [9.17, 15) is 4.79 Å². The van der Waals surface area contributed by atoms with Gasteiger partial charge in [-0.3, -0.25) is 4.79 Å². The maximum Gasteiger partial charge on any atom is 0.279 e. The highest BCUT2D eigenvalue weighted by Crippen LogP contribution is 2.22. The van der Waals surface area contributed by atoms with Gasteiger partial charge in [0.25, 0.3) is 5.91 Å². The van der Waals surface area contributed by atoms with Gasteiger partial charge in [-0.05, 0) is 38.5 Å². The predicted octanol–water partition coefficient (Wildman–Crippen LogP) is 4.38. The molecule has 0 aliphatic heterocycles. The lowest BCUT2D eigenvalue weighted by molar-refractivity contribution is 0.101. The quantitative estimate of drug-likeness (QED) is 0.649. The SMILES string of the molecule is CCCn1nc(C)cc1NC(=O)c1noc(C)c1COc1cccc(Cl)c1. The molecule has 0 spiro atoms. The van der Waals surface area contributed by atoms with E-state index < -0.39 is 0 Å². The zero-order chi connectivity index (χ0) is 19.4. The van der Waals surface area contributed by atoms with Gasteiger partial charge < -0.3 is 14.6 Å². The molecule has 0 saturated carbocycles. The first-order valence-corrected chi connectivity index (χ1v) is 9.05. The summed E-state index contributed by atoms with van der Waals surface area (Å²) in [5.41, 5.74) is 1.61. The topological polar surface area (TPSA) is 82.2 Å². The first-order chi connectivity index (χ1) is 13.0. The number of halogens is 1. The molecule has 1 aromatic carbocycles. The standard InChI is InChI=1S/C19H21ClN4O3/c1-4-8-24-17(9-12(2)22-24)21-19(25)18-16(13(3)27-23-18)11-26-15-7-5-6-14(20)10-15/h5-7,9-10H,4,8,11H2,1-3H3,(H,21,25). The van der Waals surface area contributed by atoms with Crippen LogP contribution in [0.2, 0.25) is 5.02 Å². The molecule has 0 radical (unpaired) electrons. The third-order valence-electron chi connectivity index (χ3n) is 3.96. The highest BCUT2D eigenvalue weighted by atomic mass is 35.5. The van der Waals surface area contributed by atoms with Gasteiger partial charge in [0.1, 0.15) is 23.9 Å². The number of hydrogen-bond donors (Lipinski definition) is 1. The smallest absolute Gasteiger partial charge is 0.279 e. The fourth-order valence-corrected chi connectivity index (χ4v) is 2.84. The van der Waals surface area contributed by atoms with Gasteiger partial charge in [-0.25, -0.2) is 4.68 Å². The average Bonchev–Trinajstić information content (AvgIpc) is 3.16. The Morgan fingerprint density at radius 3 is 2.89 bits per heavy atom. The molecule has 0 unspecified atom stereocenters. The van der Waals surface area contributed by atoms with Gasteiger partial charge in [0.05, 0.1) is 11.3 Å². The van der Waals surface area contributed by atoms with Gasteiger partial charge in [0.2, 0.25) is 0 Å². The molecule has 2 aromatic heterocycles. The van der Waals surface area contributed by atoms with Crippen LogP contribution in [0.4, 0.5) is 5.82 Å². The second kappa shape index (κ2) is 8.26. The van der Waals surface area contributed by atoms with Crippen LogP contribution in [0.1, 0.15) is 40.9 Å². The fraction of sp³-hybridized carbons (Fsp3) is 0.316. The van der Waals surface area contributed by atoms with Crippen LogP contribution < -0.4 is 10.1 Å². The highest BCUT2D eigenvalue weighted by molar-refractivity contribution is 6.30. The predicted molar refractivity (Wildman–Crippen MR) is 102 cm³/mol. The summed E-state index contributed by atoms with van der Waals surface area (Å²) >= 11 is 5.97. The largest absolute Gasteiger partial charge is 0.489 e. The van der Waals surface area contributed by atoms with E-state index in [4.69, 9.17) is 20.9 Å². The molecule has 0 atom stereocenters. The van der Waals surface area contributed by atoms with Crippen LogP contribution >= 0.6 is 11.6 Å². The Balaban J connectivity index is 1.76. The summed E-state index contributed by atoms with van der Waals surface area (Å²) in [6.45, 7) is 6.53. The van der Waals surface area contributed by atoms with E-state index in [2.05, 4.69) is 22.5 Å². The van der Waals surface area contributed by atoms with Crippen molar-refractivity contribution in [2.45, 2.75) is 40.3 Å². The Bertz CT molecular complexity index is 948. The second-order valence-electron chi connectivity index (χ2n) is 6.16. The number of nitrogens with one attached hydrogen (secondary N) is 1. The molecule has 142 valence electrons. The lowest BCUT2D eigenvalue weighted by atomic mass is 10.2. The molecule has 0 aliphatic carbocycles. The van der Waals surface area contributed by atoms with Crippen LogP contribution in [-0.4, -0.2) is 20.8 Å². The van der Waals surface area contributed by atoms with Crippen LogP contribution in [0.3, 0.4) is 0 Å². The summed E-state index contributed by atoms with van der Waals surface area (Å²) in [5, 5.41) is 11.7. The Labute approximate surface area is 162 Å². The van der Waals surface area contributed by atoms with Gasteiger partial charge in [-0.15, -0.1) is 0 Å². The number of benzene rings is 1. The van der Waals surface area contributed by atoms with E-state index in [-0.39, 0.29) is 18.2 Å². The van der Waals surface area contributed by atoms with Crippen molar-refractivity contribution < 1.29 is 14.1 Å². The minimum Gasteiger partial charge on any atom is -0.489 e. The van der Waals surface area contributed by atoms with Crippen molar-refractivity contribution >= 4 is 23.3 Å². The average molecular weight is 389 g/mol. The van der Waals surface area contributed by atoms with Crippen molar-refractivity contribution in [2.24, 2.45) is 0 Å². The number of carbonyl (C=O) groups is 1. The van der Waals surface area contributed by atoms with Crippen molar-refractivity contribution in [3.63, 3.8) is 0 Å². The van der Waals surface area contributed by atoms with Crippen LogP contribution in [0.25, 0.3) is 0 Å². The van der Waals surface area contributed by atoms with Gasteiger partial charge in [0.15, 0.2) is 5.69 Å². The lowest BCUT2D eigenvalue weighted by Crippen LogP contribution is -2.18. The number of hydrogen-bond acceptors (Lipinski definition) is 5. The third kappa shape index (κ3) is 4.49. The zero-order valence-electron chi connectivity index (χ0n) is 15.5. The van der Waals surface area contributed by atoms with E-state index in [1.165, 1.54) is 0 Å². The zero-order valence-corrected chi connectivity index (χ0v) is 16.2. The van der Waals surface area contributed by atoms with Gasteiger partial charge >= 0.3 is 0 Å². The minimum atomic E-state index is -0.367. The molecular formula is C19H21ClN4O3. The Morgan fingerprint density at radius 2 is 2.15 bits per heavy atom. The van der Waals surface area contributed by atoms with Crippen LogP contribution in [0.5, 0.6) is 5.75 Å². The number of rotatable bonds is 7. The van der Waals surface area contributed by atoms with E-state index in [0.717, 1.165) is 12.1 Å². The summed E-state index contributed by atoms with van der Waals surface area (Å²) in [6.07, 6.45) is 0.909. The van der Waals surface area contributed by atoms with Gasteiger partial charge in [0, 0.05) is 17.6 Å². The maximum atomic E-state index is 12.7. The van der Waals surface area contributed by atoms with Gasteiger partial charge in [-0.2, -0.15) is 5.10 Å². The molecule has 1 amide bonds. The molecule has 7 nitrogen and oxygen atoms in total. The van der Waals surface area contributed by atoms with E-state index in [1.807, 2.05) is 13.0 Å². The third-order valence-corrected chi connectivity index (χ3v) is 4.19. The van der Waals surface area contributed by atoms with Crippen LogP contribution in [0.15, 0.2) is 34.9 Å². The van der Waals surface area contributed by atoms with Crippen molar-refractivity contribution in [1.82, 2.24) is 14.9 Å². The van der Waals surface area contributed by atoms with Crippen molar-refractivity contribution in [3.8, 4) is 5.75 Å². The first kappa shape index (κ1) is 19.0. The molecular weight excluding hydrogens is 368 g/mol. The normalized spacial score (nSPS) is 10.8. The lowest BCUT2D eigenvalue weighted by Gasteiger charge is -2.09. The Hall–Kier alpha value is -2.80. The van der Waals surface area contributed by atoms with E-state index in [0.29, 0.717) is 34.5 Å². The molecule has 0 aliphatic rings. The first-order valence-electron chi connectivity index (χ1n) is 8.67. The number of aromatic nitrogens is 3. The fourth-order valence-electron chi connectivity index (χ4n) is 2.66. The molecule has 1 N–H and O–H groups in total. The summed E-state index contributed by atoms with van der Waals surface area (Å²) in [6, 6.07) is 8.88. The number of ether oxygens (including phenoxy) is 1. The second-order valence-corrected chi connectivity index (χ2v) is 6.60. The van der Waals surface area contributed by atoms with Crippen molar-refractivity contribution in [3.05, 3.63) is 58.1 Å². The van der Waals surface area contributed by atoms with E-state index in [1.54, 1.807) is 35.9 Å². The monoisotopic (exact) mass is 388 g/mol. The van der Waals surface area contributed by atoms with Crippen LogP contribution in [0, 0.1) is 13.8 Å². The molecule has 27 heavy (non-hydrogen) atoms. The maximum absolute atomic E-state index is 12.7. The van der Waals surface area contributed by atoms with Crippen LogP contribution in [-0.2, 0) is 13.2 Å².